The van der Waals surface area contributed by atoms with Gasteiger partial charge in [0.15, 0.2) is 0 Å². The smallest absolute Gasteiger partial charge is 0.0495 e. The molecule has 0 aromatic carbocycles. The highest BCUT2D eigenvalue weighted by atomic mass is 16.5. The number of ether oxygens (including phenoxy) is 2. The predicted molar refractivity (Wildman–Crippen MR) is 73.5 cm³/mol. The Kier molecular flexibility index (Phi) is 6.46. The second-order valence-electron chi connectivity index (χ2n) is 6.07. The fraction of sp³-hybridized carbons (Fsp3) is 1.00. The van der Waals surface area contributed by atoms with E-state index in [2.05, 4.69) is 0 Å². The summed E-state index contributed by atoms with van der Waals surface area (Å²) >= 11 is 0. The largest absolute Gasteiger partial charge is 0.381 e. The van der Waals surface area contributed by atoms with Crippen LogP contribution >= 0.6 is 0 Å². The molecule has 2 unspecified atom stereocenters. The zero-order valence-corrected chi connectivity index (χ0v) is 11.6. The molecular formula is C15H29NO2. The molecule has 2 saturated heterocycles. The van der Waals surface area contributed by atoms with Crippen LogP contribution < -0.4 is 5.73 Å². The monoisotopic (exact) mass is 255 g/mol. The lowest BCUT2D eigenvalue weighted by molar-refractivity contribution is 0.0630. The first kappa shape index (κ1) is 14.3. The maximum Gasteiger partial charge on any atom is 0.0495 e. The Hall–Kier alpha value is -0.120. The van der Waals surface area contributed by atoms with Gasteiger partial charge in [-0.15, -0.1) is 0 Å². The standard InChI is InChI=1S/C15H29NO2/c16-15(11-14-7-10-18-12-14)4-2-1-3-13-5-8-17-9-6-13/h13-15H,1-12,16H2. The van der Waals surface area contributed by atoms with Crippen molar-refractivity contribution in [3.8, 4) is 0 Å². The highest BCUT2D eigenvalue weighted by Gasteiger charge is 2.18. The Balaban J connectivity index is 1.46. The van der Waals surface area contributed by atoms with E-state index in [0.717, 1.165) is 44.7 Å². The number of rotatable bonds is 7. The van der Waals surface area contributed by atoms with E-state index in [-0.39, 0.29) is 0 Å². The van der Waals surface area contributed by atoms with Crippen LogP contribution in [0.15, 0.2) is 0 Å². The van der Waals surface area contributed by atoms with Crippen molar-refractivity contribution in [3.63, 3.8) is 0 Å². The zero-order valence-electron chi connectivity index (χ0n) is 11.6. The van der Waals surface area contributed by atoms with E-state index in [0.29, 0.717) is 6.04 Å². The average Bonchev–Trinajstić information content (AvgIpc) is 2.89. The van der Waals surface area contributed by atoms with Crippen molar-refractivity contribution in [1.82, 2.24) is 0 Å². The van der Waals surface area contributed by atoms with Gasteiger partial charge in [-0.05, 0) is 43.9 Å². The minimum atomic E-state index is 0.395. The quantitative estimate of drug-likeness (QED) is 0.711. The van der Waals surface area contributed by atoms with Crippen molar-refractivity contribution < 1.29 is 9.47 Å². The Bertz CT molecular complexity index is 211. The van der Waals surface area contributed by atoms with Gasteiger partial charge in [0.2, 0.25) is 0 Å². The molecule has 18 heavy (non-hydrogen) atoms. The summed E-state index contributed by atoms with van der Waals surface area (Å²) in [6.45, 7) is 3.84. The van der Waals surface area contributed by atoms with E-state index in [1.54, 1.807) is 0 Å². The third-order valence-corrected chi connectivity index (χ3v) is 4.44. The summed E-state index contributed by atoms with van der Waals surface area (Å²) in [6, 6.07) is 0.395. The molecule has 3 nitrogen and oxygen atoms in total. The van der Waals surface area contributed by atoms with Gasteiger partial charge in [0.05, 0.1) is 0 Å². The molecule has 0 amide bonds. The van der Waals surface area contributed by atoms with Crippen LogP contribution in [-0.2, 0) is 9.47 Å². The fourth-order valence-corrected chi connectivity index (χ4v) is 3.19. The third-order valence-electron chi connectivity index (χ3n) is 4.44. The number of hydrogen-bond donors (Lipinski definition) is 1. The molecule has 0 aromatic rings. The Morgan fingerprint density at radius 1 is 0.944 bits per heavy atom. The van der Waals surface area contributed by atoms with Gasteiger partial charge in [0, 0.05) is 32.5 Å². The summed E-state index contributed by atoms with van der Waals surface area (Å²) in [5, 5.41) is 0. The SMILES string of the molecule is NC(CCCCC1CCOCC1)CC1CCOC1. The molecule has 3 heteroatoms. The lowest BCUT2D eigenvalue weighted by Crippen LogP contribution is -2.24. The van der Waals surface area contributed by atoms with Gasteiger partial charge in [0.25, 0.3) is 0 Å². The summed E-state index contributed by atoms with van der Waals surface area (Å²) in [5.41, 5.74) is 6.20. The van der Waals surface area contributed by atoms with Gasteiger partial charge < -0.3 is 15.2 Å². The number of nitrogens with two attached hydrogens (primary N) is 1. The van der Waals surface area contributed by atoms with E-state index < -0.39 is 0 Å². The third kappa shape index (κ3) is 5.25. The highest BCUT2D eigenvalue weighted by molar-refractivity contribution is 4.72. The molecule has 2 aliphatic heterocycles. The van der Waals surface area contributed by atoms with Crippen LogP contribution in [0.5, 0.6) is 0 Å². The fourth-order valence-electron chi connectivity index (χ4n) is 3.19. The Morgan fingerprint density at radius 2 is 1.67 bits per heavy atom. The highest BCUT2D eigenvalue weighted by Crippen LogP contribution is 2.23. The first-order valence-corrected chi connectivity index (χ1v) is 7.75. The molecule has 0 radical (unpaired) electrons. The van der Waals surface area contributed by atoms with E-state index in [1.807, 2.05) is 0 Å². The van der Waals surface area contributed by atoms with Gasteiger partial charge in [-0.2, -0.15) is 0 Å². The lowest BCUT2D eigenvalue weighted by atomic mass is 9.92. The zero-order chi connectivity index (χ0) is 12.6. The van der Waals surface area contributed by atoms with Crippen molar-refractivity contribution in [2.24, 2.45) is 17.6 Å². The first-order chi connectivity index (χ1) is 8.84. The summed E-state index contributed by atoms with van der Waals surface area (Å²) < 4.78 is 10.8. The summed E-state index contributed by atoms with van der Waals surface area (Å²) in [6.07, 6.45) is 10.1. The number of unbranched alkanes of at least 4 members (excludes halogenated alkanes) is 1. The van der Waals surface area contributed by atoms with Crippen molar-refractivity contribution >= 4 is 0 Å². The van der Waals surface area contributed by atoms with E-state index in [4.69, 9.17) is 15.2 Å². The van der Waals surface area contributed by atoms with Crippen molar-refractivity contribution in [2.75, 3.05) is 26.4 Å². The molecule has 0 bridgehead atoms. The van der Waals surface area contributed by atoms with Crippen LogP contribution in [0, 0.1) is 11.8 Å². The molecule has 2 atom stereocenters. The Morgan fingerprint density at radius 3 is 2.39 bits per heavy atom. The summed E-state index contributed by atoms with van der Waals surface area (Å²) in [5.74, 6) is 1.65. The minimum absolute atomic E-state index is 0.395. The van der Waals surface area contributed by atoms with Crippen LogP contribution in [-0.4, -0.2) is 32.5 Å². The average molecular weight is 255 g/mol. The van der Waals surface area contributed by atoms with Gasteiger partial charge >= 0.3 is 0 Å². The molecule has 0 spiro atoms. The van der Waals surface area contributed by atoms with Crippen molar-refractivity contribution in [3.05, 3.63) is 0 Å². The van der Waals surface area contributed by atoms with Gasteiger partial charge in [-0.1, -0.05) is 19.3 Å². The lowest BCUT2D eigenvalue weighted by Gasteiger charge is -2.22. The van der Waals surface area contributed by atoms with Crippen LogP contribution in [0.1, 0.15) is 51.4 Å². The second-order valence-corrected chi connectivity index (χ2v) is 6.07. The minimum Gasteiger partial charge on any atom is -0.381 e. The maximum atomic E-state index is 6.20. The van der Waals surface area contributed by atoms with E-state index >= 15 is 0 Å². The van der Waals surface area contributed by atoms with Crippen LogP contribution in [0.2, 0.25) is 0 Å². The molecule has 2 aliphatic rings. The van der Waals surface area contributed by atoms with Gasteiger partial charge in [-0.25, -0.2) is 0 Å². The van der Waals surface area contributed by atoms with E-state index in [9.17, 15) is 0 Å². The normalized spacial score (nSPS) is 27.5. The van der Waals surface area contributed by atoms with Crippen molar-refractivity contribution in [1.29, 1.82) is 0 Å². The second kappa shape index (κ2) is 8.13. The molecule has 0 saturated carbocycles. The molecule has 2 rings (SSSR count). The molecular weight excluding hydrogens is 226 g/mol. The topological polar surface area (TPSA) is 44.5 Å². The molecule has 0 aliphatic carbocycles. The van der Waals surface area contributed by atoms with Crippen molar-refractivity contribution in [2.45, 2.75) is 57.4 Å². The first-order valence-electron chi connectivity index (χ1n) is 7.75. The molecule has 2 heterocycles. The van der Waals surface area contributed by atoms with Crippen LogP contribution in [0.25, 0.3) is 0 Å². The predicted octanol–water partition coefficient (Wildman–Crippen LogP) is 2.73. The maximum absolute atomic E-state index is 6.20. The molecule has 2 N–H and O–H groups in total. The van der Waals surface area contributed by atoms with Crippen LogP contribution in [0.4, 0.5) is 0 Å². The molecule has 2 fully saturated rings. The molecule has 0 aromatic heterocycles. The summed E-state index contributed by atoms with van der Waals surface area (Å²) in [7, 11) is 0. The van der Waals surface area contributed by atoms with Crippen LogP contribution in [0.3, 0.4) is 0 Å². The summed E-state index contributed by atoms with van der Waals surface area (Å²) in [4.78, 5) is 0. The van der Waals surface area contributed by atoms with E-state index in [1.165, 1.54) is 44.9 Å². The number of hydrogen-bond acceptors (Lipinski definition) is 3. The van der Waals surface area contributed by atoms with Gasteiger partial charge in [0.1, 0.15) is 0 Å². The molecule has 106 valence electrons. The Labute approximate surface area is 111 Å². The van der Waals surface area contributed by atoms with Gasteiger partial charge in [-0.3, -0.25) is 0 Å².